The highest BCUT2D eigenvalue weighted by molar-refractivity contribution is 5.84. The molecule has 1 aliphatic rings. The number of rotatable bonds is 2. The van der Waals surface area contributed by atoms with E-state index >= 15 is 0 Å². The van der Waals surface area contributed by atoms with E-state index in [-0.39, 0.29) is 0 Å². The molecule has 96 valence electrons. The Bertz CT molecular complexity index is 544. The van der Waals surface area contributed by atoms with Crippen molar-refractivity contribution in [3.63, 3.8) is 0 Å². The van der Waals surface area contributed by atoms with Gasteiger partial charge in [0.1, 0.15) is 12.1 Å². The van der Waals surface area contributed by atoms with Gasteiger partial charge in [-0.1, -0.05) is 0 Å². The van der Waals surface area contributed by atoms with E-state index in [0.717, 1.165) is 36.7 Å². The highest BCUT2D eigenvalue weighted by Gasteiger charge is 2.24. The van der Waals surface area contributed by atoms with Crippen LogP contribution in [0.25, 0.3) is 11.0 Å². The van der Waals surface area contributed by atoms with Crippen molar-refractivity contribution >= 4 is 16.9 Å². The van der Waals surface area contributed by atoms with Crippen LogP contribution in [0.2, 0.25) is 0 Å². The van der Waals surface area contributed by atoms with Crippen LogP contribution >= 0.6 is 0 Å². The van der Waals surface area contributed by atoms with Crippen LogP contribution in [-0.2, 0) is 0 Å². The second-order valence-electron chi connectivity index (χ2n) is 4.94. The van der Waals surface area contributed by atoms with Crippen LogP contribution in [0.4, 0.5) is 5.82 Å². The molecule has 0 amide bonds. The fourth-order valence-corrected chi connectivity index (χ4v) is 2.72. The lowest BCUT2D eigenvalue weighted by molar-refractivity contribution is 0.166. The van der Waals surface area contributed by atoms with Gasteiger partial charge in [0.15, 0.2) is 5.65 Å². The van der Waals surface area contributed by atoms with Crippen LogP contribution < -0.4 is 5.73 Å². The van der Waals surface area contributed by atoms with Crippen LogP contribution in [0, 0.1) is 5.92 Å². The van der Waals surface area contributed by atoms with Crippen LogP contribution in [0.1, 0.15) is 31.7 Å². The maximum atomic E-state index is 9.16. The molecule has 2 heterocycles. The van der Waals surface area contributed by atoms with E-state index in [9.17, 15) is 0 Å². The molecule has 0 bridgehead atoms. The van der Waals surface area contributed by atoms with Gasteiger partial charge in [0.25, 0.3) is 0 Å². The Kier molecular flexibility index (Phi) is 2.87. The predicted molar refractivity (Wildman–Crippen MR) is 67.8 cm³/mol. The summed E-state index contributed by atoms with van der Waals surface area (Å²) >= 11 is 0. The maximum absolute atomic E-state index is 9.16. The van der Waals surface area contributed by atoms with Gasteiger partial charge >= 0.3 is 0 Å². The van der Waals surface area contributed by atoms with E-state index in [1.54, 1.807) is 6.20 Å². The van der Waals surface area contributed by atoms with Crippen molar-refractivity contribution in [2.45, 2.75) is 31.7 Å². The van der Waals surface area contributed by atoms with Crippen molar-refractivity contribution in [2.75, 3.05) is 12.3 Å². The minimum Gasteiger partial charge on any atom is -0.396 e. The second-order valence-corrected chi connectivity index (χ2v) is 4.94. The summed E-state index contributed by atoms with van der Waals surface area (Å²) in [7, 11) is 0. The summed E-state index contributed by atoms with van der Waals surface area (Å²) in [5.41, 5.74) is 6.62. The molecule has 2 aromatic rings. The van der Waals surface area contributed by atoms with E-state index < -0.39 is 0 Å². The first-order valence-corrected chi connectivity index (χ1v) is 6.34. The Labute approximate surface area is 105 Å². The smallest absolute Gasteiger partial charge is 0.163 e. The number of aliphatic hydroxyl groups excluding tert-OH is 1. The van der Waals surface area contributed by atoms with Gasteiger partial charge in [-0.15, -0.1) is 0 Å². The highest BCUT2D eigenvalue weighted by atomic mass is 16.3. The molecule has 0 aliphatic heterocycles. The molecule has 0 spiro atoms. The zero-order valence-electron chi connectivity index (χ0n) is 10.2. The van der Waals surface area contributed by atoms with Gasteiger partial charge in [0, 0.05) is 6.61 Å². The molecule has 0 aromatic carbocycles. The molecule has 3 rings (SSSR count). The molecule has 0 radical (unpaired) electrons. The third-order valence-electron chi connectivity index (χ3n) is 3.84. The summed E-state index contributed by atoms with van der Waals surface area (Å²) in [5.74, 6) is 0.929. The first-order chi connectivity index (χ1) is 8.79. The number of aromatic nitrogens is 4. The summed E-state index contributed by atoms with van der Waals surface area (Å²) < 4.78 is 1.96. The van der Waals surface area contributed by atoms with E-state index in [0.29, 0.717) is 24.4 Å². The number of hydrogen-bond donors (Lipinski definition) is 2. The van der Waals surface area contributed by atoms with Crippen LogP contribution in [-0.4, -0.2) is 31.5 Å². The van der Waals surface area contributed by atoms with Crippen LogP contribution in [0.15, 0.2) is 12.5 Å². The van der Waals surface area contributed by atoms with E-state index in [4.69, 9.17) is 10.8 Å². The first-order valence-electron chi connectivity index (χ1n) is 6.34. The summed E-state index contributed by atoms with van der Waals surface area (Å²) in [6.45, 7) is 0.293. The summed E-state index contributed by atoms with van der Waals surface area (Å²) in [4.78, 5) is 8.25. The Balaban J connectivity index is 1.89. The molecule has 0 atom stereocenters. The molecule has 6 nitrogen and oxygen atoms in total. The second kappa shape index (κ2) is 4.53. The lowest BCUT2D eigenvalue weighted by Crippen LogP contribution is -2.21. The highest BCUT2D eigenvalue weighted by Crippen LogP contribution is 2.33. The van der Waals surface area contributed by atoms with Crippen molar-refractivity contribution in [1.82, 2.24) is 19.7 Å². The van der Waals surface area contributed by atoms with Crippen molar-refractivity contribution in [1.29, 1.82) is 0 Å². The van der Waals surface area contributed by atoms with Gasteiger partial charge < -0.3 is 10.8 Å². The van der Waals surface area contributed by atoms with Crippen LogP contribution in [0.5, 0.6) is 0 Å². The third kappa shape index (κ3) is 1.82. The molecular formula is C12H17N5O. The fourth-order valence-electron chi connectivity index (χ4n) is 2.72. The topological polar surface area (TPSA) is 89.9 Å². The first kappa shape index (κ1) is 11.4. The molecule has 1 saturated carbocycles. The summed E-state index contributed by atoms with van der Waals surface area (Å²) in [5, 5.41) is 14.4. The van der Waals surface area contributed by atoms with Crippen molar-refractivity contribution in [3.8, 4) is 0 Å². The molecule has 0 saturated heterocycles. The molecule has 18 heavy (non-hydrogen) atoms. The Hall–Kier alpha value is -1.69. The summed E-state index contributed by atoms with van der Waals surface area (Å²) in [6.07, 6.45) is 7.38. The van der Waals surface area contributed by atoms with Gasteiger partial charge in [0.2, 0.25) is 0 Å². The average Bonchev–Trinajstić information content (AvgIpc) is 2.84. The van der Waals surface area contributed by atoms with E-state index in [1.165, 1.54) is 6.33 Å². The largest absolute Gasteiger partial charge is 0.396 e. The van der Waals surface area contributed by atoms with E-state index in [1.807, 2.05) is 4.68 Å². The molecule has 0 unspecified atom stereocenters. The lowest BCUT2D eigenvalue weighted by atomic mass is 9.87. The predicted octanol–water partition coefficient (Wildman–Crippen LogP) is 1.13. The van der Waals surface area contributed by atoms with Crippen molar-refractivity contribution in [3.05, 3.63) is 12.5 Å². The fraction of sp³-hybridized carbons (Fsp3) is 0.583. The molecule has 3 N–H and O–H groups in total. The normalized spacial score (nSPS) is 24.5. The minimum absolute atomic E-state index is 0.293. The van der Waals surface area contributed by atoms with Crippen LogP contribution in [0.3, 0.4) is 0 Å². The third-order valence-corrected chi connectivity index (χ3v) is 3.84. The Morgan fingerprint density at radius 1 is 1.28 bits per heavy atom. The minimum atomic E-state index is 0.293. The van der Waals surface area contributed by atoms with Crippen molar-refractivity contribution < 1.29 is 5.11 Å². The Morgan fingerprint density at radius 3 is 2.78 bits per heavy atom. The Morgan fingerprint density at radius 2 is 2.06 bits per heavy atom. The molecule has 1 fully saturated rings. The quantitative estimate of drug-likeness (QED) is 0.830. The lowest BCUT2D eigenvalue weighted by Gasteiger charge is -2.27. The van der Waals surface area contributed by atoms with Gasteiger partial charge in [-0.3, -0.25) is 0 Å². The number of nitrogen functional groups attached to an aromatic ring is 1. The number of aliphatic hydroxyl groups is 1. The molecule has 6 heteroatoms. The molecule has 1 aliphatic carbocycles. The van der Waals surface area contributed by atoms with Crippen molar-refractivity contribution in [2.24, 2.45) is 5.92 Å². The number of anilines is 1. The van der Waals surface area contributed by atoms with Gasteiger partial charge in [-0.05, 0) is 31.6 Å². The van der Waals surface area contributed by atoms with Gasteiger partial charge in [-0.25, -0.2) is 14.6 Å². The standard InChI is InChI=1S/C12H17N5O/c13-11-10-5-16-17(12(10)15-7-14-11)9-3-1-8(6-18)2-4-9/h5,7-9,18H,1-4,6H2,(H2,13,14,15). The number of hydrogen-bond acceptors (Lipinski definition) is 5. The number of nitrogens with zero attached hydrogens (tertiary/aromatic N) is 4. The summed E-state index contributed by atoms with van der Waals surface area (Å²) in [6, 6.07) is 0.361. The zero-order valence-corrected chi connectivity index (χ0v) is 10.2. The zero-order chi connectivity index (χ0) is 12.5. The van der Waals surface area contributed by atoms with Gasteiger partial charge in [-0.2, -0.15) is 5.10 Å². The monoisotopic (exact) mass is 247 g/mol. The molecule has 2 aromatic heterocycles. The maximum Gasteiger partial charge on any atom is 0.163 e. The molecular weight excluding hydrogens is 230 g/mol. The van der Waals surface area contributed by atoms with Gasteiger partial charge in [0.05, 0.1) is 17.6 Å². The SMILES string of the molecule is Nc1ncnc2c1cnn2C1CCC(CO)CC1. The van der Waals surface area contributed by atoms with E-state index in [2.05, 4.69) is 15.1 Å². The number of nitrogens with two attached hydrogens (primary N) is 1. The average molecular weight is 247 g/mol. The number of fused-ring (bicyclic) bond motifs is 1.